The van der Waals surface area contributed by atoms with Gasteiger partial charge in [0.05, 0.1) is 15.6 Å². The molecule has 0 heterocycles. The van der Waals surface area contributed by atoms with Gasteiger partial charge in [0.2, 0.25) is 0 Å². The Balaban J connectivity index is 1.75. The fourth-order valence-electron chi connectivity index (χ4n) is 3.38. The molecule has 3 rings (SSSR count). The van der Waals surface area contributed by atoms with E-state index in [9.17, 15) is 4.79 Å². The first-order valence-corrected chi connectivity index (χ1v) is 7.15. The lowest BCUT2D eigenvalue weighted by atomic mass is 9.95. The summed E-state index contributed by atoms with van der Waals surface area (Å²) in [6, 6.07) is 5.45. The maximum absolute atomic E-state index is 12.2. The number of hydrogen-bond acceptors (Lipinski definition) is 1. The second-order valence-electron chi connectivity index (χ2n) is 5.35. The standard InChI is InChI=1S/C14H15Cl2NO/c15-10-2-1-3-11(16)13(10)14(18)17-12-7-8-4-5-9(12)6-8/h1-3,8-9,12H,4-7H2,(H,17,18)/t8-,9+,12-/m0/s1. The van der Waals surface area contributed by atoms with Crippen molar-refractivity contribution in [2.45, 2.75) is 31.7 Å². The van der Waals surface area contributed by atoms with E-state index < -0.39 is 0 Å². The number of amides is 1. The van der Waals surface area contributed by atoms with Crippen LogP contribution in [0.2, 0.25) is 10.0 Å². The SMILES string of the molecule is O=C(N[C@H]1C[C@H]2CC[C@@H]1C2)c1c(Cl)cccc1Cl. The van der Waals surface area contributed by atoms with Gasteiger partial charge in [-0.1, -0.05) is 35.7 Å². The summed E-state index contributed by atoms with van der Waals surface area (Å²) in [7, 11) is 0. The number of halogens is 2. The number of nitrogens with one attached hydrogen (secondary N) is 1. The topological polar surface area (TPSA) is 29.1 Å². The van der Waals surface area contributed by atoms with E-state index >= 15 is 0 Å². The molecule has 0 unspecified atom stereocenters. The molecule has 0 aliphatic heterocycles. The highest BCUT2D eigenvalue weighted by atomic mass is 35.5. The molecule has 1 amide bonds. The van der Waals surface area contributed by atoms with Gasteiger partial charge in [-0.15, -0.1) is 0 Å². The van der Waals surface area contributed by atoms with Crippen LogP contribution in [0.5, 0.6) is 0 Å². The zero-order valence-corrected chi connectivity index (χ0v) is 11.5. The first-order valence-electron chi connectivity index (χ1n) is 6.40. The molecule has 18 heavy (non-hydrogen) atoms. The predicted molar refractivity (Wildman–Crippen MR) is 73.2 cm³/mol. The molecule has 1 aromatic carbocycles. The third-order valence-electron chi connectivity index (χ3n) is 4.24. The fraction of sp³-hybridized carbons (Fsp3) is 0.500. The van der Waals surface area contributed by atoms with Crippen LogP contribution in [-0.2, 0) is 0 Å². The van der Waals surface area contributed by atoms with E-state index in [-0.39, 0.29) is 5.91 Å². The summed E-state index contributed by atoms with van der Waals surface area (Å²) in [5.41, 5.74) is 0.406. The van der Waals surface area contributed by atoms with Crippen molar-refractivity contribution >= 4 is 29.1 Å². The smallest absolute Gasteiger partial charge is 0.254 e. The lowest BCUT2D eigenvalue weighted by Gasteiger charge is -2.23. The third-order valence-corrected chi connectivity index (χ3v) is 4.87. The molecular weight excluding hydrogens is 269 g/mol. The minimum Gasteiger partial charge on any atom is -0.349 e. The van der Waals surface area contributed by atoms with Crippen molar-refractivity contribution in [3.8, 4) is 0 Å². The minimum absolute atomic E-state index is 0.136. The van der Waals surface area contributed by atoms with Crippen molar-refractivity contribution in [1.82, 2.24) is 5.32 Å². The quantitative estimate of drug-likeness (QED) is 0.876. The van der Waals surface area contributed by atoms with Crippen molar-refractivity contribution in [2.24, 2.45) is 11.8 Å². The Hall–Kier alpha value is -0.730. The van der Waals surface area contributed by atoms with Gasteiger partial charge in [-0.05, 0) is 43.2 Å². The highest BCUT2D eigenvalue weighted by Gasteiger charge is 2.40. The van der Waals surface area contributed by atoms with Gasteiger partial charge in [0.25, 0.3) is 5.91 Å². The van der Waals surface area contributed by atoms with Crippen LogP contribution < -0.4 is 5.32 Å². The van der Waals surface area contributed by atoms with Gasteiger partial charge < -0.3 is 5.32 Å². The van der Waals surface area contributed by atoms with E-state index in [2.05, 4.69) is 5.32 Å². The largest absolute Gasteiger partial charge is 0.349 e. The molecular formula is C14H15Cl2NO. The molecule has 2 nitrogen and oxygen atoms in total. The van der Waals surface area contributed by atoms with Crippen molar-refractivity contribution in [2.75, 3.05) is 0 Å². The Morgan fingerprint density at radius 1 is 1.17 bits per heavy atom. The molecule has 0 aromatic heterocycles. The summed E-state index contributed by atoms with van der Waals surface area (Å²) in [4.78, 5) is 12.2. The van der Waals surface area contributed by atoms with E-state index in [1.54, 1.807) is 18.2 Å². The average Bonchev–Trinajstić information content (AvgIpc) is 2.90. The van der Waals surface area contributed by atoms with Gasteiger partial charge in [-0.3, -0.25) is 4.79 Å². The van der Waals surface area contributed by atoms with Crippen LogP contribution in [0.15, 0.2) is 18.2 Å². The van der Waals surface area contributed by atoms with Crippen LogP contribution in [0.3, 0.4) is 0 Å². The molecule has 0 radical (unpaired) electrons. The summed E-state index contributed by atoms with van der Waals surface area (Å²) in [5, 5.41) is 3.94. The van der Waals surface area contributed by atoms with Crippen LogP contribution in [0.1, 0.15) is 36.0 Å². The number of fused-ring (bicyclic) bond motifs is 2. The molecule has 4 heteroatoms. The fourth-order valence-corrected chi connectivity index (χ4v) is 3.95. The average molecular weight is 284 g/mol. The van der Waals surface area contributed by atoms with Crippen LogP contribution in [-0.4, -0.2) is 11.9 Å². The number of carbonyl (C=O) groups is 1. The third kappa shape index (κ3) is 2.12. The van der Waals surface area contributed by atoms with Gasteiger partial charge in [-0.25, -0.2) is 0 Å². The van der Waals surface area contributed by atoms with Crippen LogP contribution >= 0.6 is 23.2 Å². The van der Waals surface area contributed by atoms with Crippen molar-refractivity contribution < 1.29 is 4.79 Å². The summed E-state index contributed by atoms with van der Waals surface area (Å²) in [6.07, 6.45) is 4.94. The lowest BCUT2D eigenvalue weighted by molar-refractivity contribution is 0.0923. The van der Waals surface area contributed by atoms with Gasteiger partial charge in [0.1, 0.15) is 0 Å². The predicted octanol–water partition coefficient (Wildman–Crippen LogP) is 3.91. The Morgan fingerprint density at radius 3 is 2.44 bits per heavy atom. The second kappa shape index (κ2) is 4.75. The van der Waals surface area contributed by atoms with Gasteiger partial charge in [0, 0.05) is 6.04 Å². The molecule has 0 saturated heterocycles. The second-order valence-corrected chi connectivity index (χ2v) is 6.17. The van der Waals surface area contributed by atoms with E-state index in [0.29, 0.717) is 27.6 Å². The molecule has 1 aromatic rings. The van der Waals surface area contributed by atoms with Crippen molar-refractivity contribution in [1.29, 1.82) is 0 Å². The van der Waals surface area contributed by atoms with E-state index in [1.165, 1.54) is 19.3 Å². The number of hydrogen-bond donors (Lipinski definition) is 1. The highest BCUT2D eigenvalue weighted by Crippen LogP contribution is 2.44. The van der Waals surface area contributed by atoms with Crippen LogP contribution in [0, 0.1) is 11.8 Å². The normalized spacial score (nSPS) is 29.6. The molecule has 0 spiro atoms. The number of benzene rings is 1. The minimum atomic E-state index is -0.136. The number of rotatable bonds is 2. The van der Waals surface area contributed by atoms with E-state index in [0.717, 1.165) is 12.3 Å². The van der Waals surface area contributed by atoms with Crippen molar-refractivity contribution in [3.63, 3.8) is 0 Å². The van der Waals surface area contributed by atoms with Gasteiger partial charge >= 0.3 is 0 Å². The number of carbonyl (C=O) groups excluding carboxylic acids is 1. The molecule has 2 aliphatic carbocycles. The molecule has 2 fully saturated rings. The maximum Gasteiger partial charge on any atom is 0.254 e. The Kier molecular flexibility index (Phi) is 3.25. The van der Waals surface area contributed by atoms with E-state index in [1.807, 2.05) is 0 Å². The molecule has 3 atom stereocenters. The zero-order valence-electron chi connectivity index (χ0n) is 9.96. The monoisotopic (exact) mass is 283 g/mol. The summed E-state index contributed by atoms with van der Waals surface area (Å²) in [6.45, 7) is 0. The highest BCUT2D eigenvalue weighted by molar-refractivity contribution is 6.39. The Bertz CT molecular complexity index is 468. The summed E-state index contributed by atoms with van der Waals surface area (Å²) >= 11 is 12.1. The maximum atomic E-state index is 12.2. The van der Waals surface area contributed by atoms with Crippen LogP contribution in [0.4, 0.5) is 0 Å². The van der Waals surface area contributed by atoms with Gasteiger partial charge in [0.15, 0.2) is 0 Å². The molecule has 2 saturated carbocycles. The van der Waals surface area contributed by atoms with Gasteiger partial charge in [-0.2, -0.15) is 0 Å². The summed E-state index contributed by atoms with van der Waals surface area (Å²) < 4.78 is 0. The first-order chi connectivity index (χ1) is 8.65. The molecule has 1 N–H and O–H groups in total. The first kappa shape index (κ1) is 12.3. The molecule has 2 bridgehead atoms. The molecule has 96 valence electrons. The van der Waals surface area contributed by atoms with E-state index in [4.69, 9.17) is 23.2 Å². The zero-order chi connectivity index (χ0) is 12.7. The lowest BCUT2D eigenvalue weighted by Crippen LogP contribution is -2.38. The molecule has 2 aliphatic rings. The Labute approximate surface area is 117 Å². The summed E-state index contributed by atoms with van der Waals surface area (Å²) in [5.74, 6) is 1.32. The van der Waals surface area contributed by atoms with Crippen LogP contribution in [0.25, 0.3) is 0 Å². The Morgan fingerprint density at radius 2 is 1.89 bits per heavy atom. The van der Waals surface area contributed by atoms with Crippen molar-refractivity contribution in [3.05, 3.63) is 33.8 Å².